The molecule has 76 valence electrons. The quantitative estimate of drug-likeness (QED) is 0.760. The Morgan fingerprint density at radius 3 is 2.43 bits per heavy atom. The lowest BCUT2D eigenvalue weighted by Crippen LogP contribution is -2.27. The summed E-state index contributed by atoms with van der Waals surface area (Å²) < 4.78 is 0. The van der Waals surface area contributed by atoms with Gasteiger partial charge in [0.25, 0.3) is 0 Å². The second-order valence-corrected chi connectivity index (χ2v) is 4.46. The van der Waals surface area contributed by atoms with E-state index in [1.165, 1.54) is 24.0 Å². The molecule has 0 unspecified atom stereocenters. The summed E-state index contributed by atoms with van der Waals surface area (Å²) in [6.45, 7) is 2.45. The van der Waals surface area contributed by atoms with Gasteiger partial charge >= 0.3 is 0 Å². The molecule has 0 aliphatic heterocycles. The Bertz CT molecular complexity index is 311. The fourth-order valence-electron chi connectivity index (χ4n) is 2.73. The van der Waals surface area contributed by atoms with E-state index >= 15 is 0 Å². The molecule has 1 aliphatic carbocycles. The van der Waals surface area contributed by atoms with Gasteiger partial charge in [-0.2, -0.15) is 0 Å². The molecule has 0 radical (unpaired) electrons. The van der Waals surface area contributed by atoms with Gasteiger partial charge < -0.3 is 5.11 Å². The molecule has 0 atom stereocenters. The van der Waals surface area contributed by atoms with Crippen LogP contribution in [0.2, 0.25) is 0 Å². The predicted molar refractivity (Wildman–Crippen MR) is 58.4 cm³/mol. The van der Waals surface area contributed by atoms with Gasteiger partial charge in [-0.25, -0.2) is 0 Å². The molecule has 0 saturated heterocycles. The number of hydrogen-bond acceptors (Lipinski definition) is 1. The van der Waals surface area contributed by atoms with Crippen LogP contribution in [-0.4, -0.2) is 11.7 Å². The Kier molecular flexibility index (Phi) is 2.60. The summed E-state index contributed by atoms with van der Waals surface area (Å²) in [6.07, 6.45) is 4.81. The van der Waals surface area contributed by atoms with E-state index in [2.05, 4.69) is 31.2 Å². The summed E-state index contributed by atoms with van der Waals surface area (Å²) in [5, 5.41) is 9.59. The molecule has 1 aromatic rings. The molecule has 0 heterocycles. The van der Waals surface area contributed by atoms with Crippen LogP contribution in [-0.2, 0) is 5.41 Å². The van der Waals surface area contributed by atoms with E-state index in [1.807, 2.05) is 0 Å². The zero-order valence-electron chi connectivity index (χ0n) is 8.79. The van der Waals surface area contributed by atoms with E-state index in [9.17, 15) is 5.11 Å². The second-order valence-electron chi connectivity index (χ2n) is 4.46. The van der Waals surface area contributed by atoms with E-state index in [1.54, 1.807) is 0 Å². The molecule has 14 heavy (non-hydrogen) atoms. The molecule has 0 amide bonds. The van der Waals surface area contributed by atoms with E-state index in [-0.39, 0.29) is 5.41 Å². The monoisotopic (exact) mass is 190 g/mol. The largest absolute Gasteiger partial charge is 0.395 e. The maximum Gasteiger partial charge on any atom is 0.0528 e. The fraction of sp³-hybridized carbons (Fsp3) is 0.538. The van der Waals surface area contributed by atoms with Gasteiger partial charge in [0.2, 0.25) is 0 Å². The molecule has 1 N–H and O–H groups in total. The Morgan fingerprint density at radius 1 is 1.21 bits per heavy atom. The van der Waals surface area contributed by atoms with Crippen LogP contribution in [0.1, 0.15) is 36.8 Å². The highest BCUT2D eigenvalue weighted by Crippen LogP contribution is 2.41. The SMILES string of the molecule is Cc1ccccc1C1(CO)CCCC1. The Labute approximate surface area is 85.8 Å². The minimum absolute atomic E-state index is 0.0747. The minimum atomic E-state index is 0.0747. The number of hydrogen-bond donors (Lipinski definition) is 1. The lowest BCUT2D eigenvalue weighted by atomic mass is 9.78. The molecule has 0 aromatic heterocycles. The summed E-state index contributed by atoms with van der Waals surface area (Å²) in [5.74, 6) is 0. The van der Waals surface area contributed by atoms with Gasteiger partial charge in [-0.3, -0.25) is 0 Å². The van der Waals surface area contributed by atoms with Gasteiger partial charge in [0.05, 0.1) is 6.61 Å². The average molecular weight is 190 g/mol. The van der Waals surface area contributed by atoms with Crippen molar-refractivity contribution in [3.05, 3.63) is 35.4 Å². The highest BCUT2D eigenvalue weighted by Gasteiger charge is 2.35. The standard InChI is InChI=1S/C13H18O/c1-11-6-2-3-7-12(11)13(10-14)8-4-5-9-13/h2-3,6-7,14H,4-5,8-10H2,1H3. The normalized spacial score (nSPS) is 19.9. The molecule has 1 heteroatoms. The first-order valence-corrected chi connectivity index (χ1v) is 5.45. The first-order chi connectivity index (χ1) is 6.78. The zero-order valence-corrected chi connectivity index (χ0v) is 8.79. The molecule has 1 saturated carbocycles. The third kappa shape index (κ3) is 1.46. The van der Waals surface area contributed by atoms with Crippen molar-refractivity contribution < 1.29 is 5.11 Å². The van der Waals surface area contributed by atoms with Crippen molar-refractivity contribution in [3.8, 4) is 0 Å². The van der Waals surface area contributed by atoms with Gasteiger partial charge in [0, 0.05) is 5.41 Å². The summed E-state index contributed by atoms with van der Waals surface area (Å²) >= 11 is 0. The summed E-state index contributed by atoms with van der Waals surface area (Å²) in [6, 6.07) is 8.47. The van der Waals surface area contributed by atoms with Crippen molar-refractivity contribution in [1.82, 2.24) is 0 Å². The van der Waals surface area contributed by atoms with Crippen molar-refractivity contribution >= 4 is 0 Å². The molecular weight excluding hydrogens is 172 g/mol. The van der Waals surface area contributed by atoms with Crippen LogP contribution in [0.5, 0.6) is 0 Å². The van der Waals surface area contributed by atoms with E-state index in [0.717, 1.165) is 12.8 Å². The third-order valence-corrected chi connectivity index (χ3v) is 3.58. The van der Waals surface area contributed by atoms with Crippen molar-refractivity contribution in [2.45, 2.75) is 38.0 Å². The fourth-order valence-corrected chi connectivity index (χ4v) is 2.73. The van der Waals surface area contributed by atoms with Crippen molar-refractivity contribution in [2.24, 2.45) is 0 Å². The summed E-state index contributed by atoms with van der Waals surface area (Å²) in [4.78, 5) is 0. The van der Waals surface area contributed by atoms with Gasteiger partial charge in [-0.1, -0.05) is 37.1 Å². The molecule has 2 rings (SSSR count). The average Bonchev–Trinajstić information content (AvgIpc) is 2.68. The van der Waals surface area contributed by atoms with E-state index in [4.69, 9.17) is 0 Å². The molecule has 1 aliphatic rings. The Balaban J connectivity index is 2.41. The van der Waals surface area contributed by atoms with Crippen molar-refractivity contribution in [2.75, 3.05) is 6.61 Å². The number of aliphatic hydroxyl groups is 1. The van der Waals surface area contributed by atoms with E-state index in [0.29, 0.717) is 6.61 Å². The van der Waals surface area contributed by atoms with Crippen molar-refractivity contribution in [3.63, 3.8) is 0 Å². The molecule has 1 nitrogen and oxygen atoms in total. The van der Waals surface area contributed by atoms with Crippen LogP contribution >= 0.6 is 0 Å². The van der Waals surface area contributed by atoms with Gasteiger partial charge in [-0.05, 0) is 30.9 Å². The van der Waals surface area contributed by atoms with Gasteiger partial charge in [0.15, 0.2) is 0 Å². The van der Waals surface area contributed by atoms with E-state index < -0.39 is 0 Å². The van der Waals surface area contributed by atoms with Crippen LogP contribution in [0.25, 0.3) is 0 Å². The first kappa shape index (κ1) is 9.72. The lowest BCUT2D eigenvalue weighted by molar-refractivity contribution is 0.195. The maximum absolute atomic E-state index is 9.59. The second kappa shape index (κ2) is 3.74. The summed E-state index contributed by atoms with van der Waals surface area (Å²) in [5.41, 5.74) is 2.76. The molecule has 1 aromatic carbocycles. The third-order valence-electron chi connectivity index (χ3n) is 3.58. The van der Waals surface area contributed by atoms with Crippen LogP contribution < -0.4 is 0 Å². The topological polar surface area (TPSA) is 20.2 Å². The minimum Gasteiger partial charge on any atom is -0.395 e. The number of aryl methyl sites for hydroxylation is 1. The number of rotatable bonds is 2. The first-order valence-electron chi connectivity index (χ1n) is 5.45. The Hall–Kier alpha value is -0.820. The molecule has 1 fully saturated rings. The summed E-state index contributed by atoms with van der Waals surface area (Å²) in [7, 11) is 0. The van der Waals surface area contributed by atoms with Crippen LogP contribution in [0, 0.1) is 6.92 Å². The molecular formula is C13H18O. The predicted octanol–water partition coefficient (Wildman–Crippen LogP) is 2.80. The highest BCUT2D eigenvalue weighted by molar-refractivity contribution is 5.34. The Morgan fingerprint density at radius 2 is 1.86 bits per heavy atom. The number of aliphatic hydroxyl groups excluding tert-OH is 1. The maximum atomic E-state index is 9.59. The van der Waals surface area contributed by atoms with Crippen LogP contribution in [0.3, 0.4) is 0 Å². The van der Waals surface area contributed by atoms with Crippen molar-refractivity contribution in [1.29, 1.82) is 0 Å². The lowest BCUT2D eigenvalue weighted by Gasteiger charge is -2.28. The van der Waals surface area contributed by atoms with Crippen LogP contribution in [0.4, 0.5) is 0 Å². The van der Waals surface area contributed by atoms with Crippen LogP contribution in [0.15, 0.2) is 24.3 Å². The zero-order chi connectivity index (χ0) is 10.0. The smallest absolute Gasteiger partial charge is 0.0528 e. The number of benzene rings is 1. The molecule has 0 spiro atoms. The van der Waals surface area contributed by atoms with Gasteiger partial charge in [-0.15, -0.1) is 0 Å². The highest BCUT2D eigenvalue weighted by atomic mass is 16.3. The van der Waals surface area contributed by atoms with Gasteiger partial charge in [0.1, 0.15) is 0 Å². The molecule has 0 bridgehead atoms.